The lowest BCUT2D eigenvalue weighted by atomic mass is 9.93. The van der Waals surface area contributed by atoms with E-state index in [9.17, 15) is 0 Å². The highest BCUT2D eigenvalue weighted by atomic mass is 14.5. The molecule has 0 aromatic heterocycles. The summed E-state index contributed by atoms with van der Waals surface area (Å²) in [5.74, 6) is 0. The number of hydrogen-bond donors (Lipinski definition) is 2. The van der Waals surface area contributed by atoms with E-state index in [1.807, 2.05) is 24.3 Å². The van der Waals surface area contributed by atoms with Crippen molar-refractivity contribution in [1.29, 1.82) is 0 Å². The molecule has 27 heavy (non-hydrogen) atoms. The number of benzene rings is 4. The van der Waals surface area contributed by atoms with E-state index in [2.05, 4.69) is 73.7 Å². The van der Waals surface area contributed by atoms with Crippen molar-refractivity contribution in [2.24, 2.45) is 0 Å². The normalized spacial score (nSPS) is 10.7. The van der Waals surface area contributed by atoms with Gasteiger partial charge in [-0.05, 0) is 82.8 Å². The molecule has 4 N–H and O–H groups in total. The van der Waals surface area contributed by atoms with Crippen molar-refractivity contribution in [1.82, 2.24) is 0 Å². The molecule has 0 atom stereocenters. The van der Waals surface area contributed by atoms with E-state index in [0.717, 1.165) is 22.5 Å². The Balaban J connectivity index is 1.89. The van der Waals surface area contributed by atoms with Crippen LogP contribution >= 0.6 is 0 Å². The average molecular weight is 350 g/mol. The van der Waals surface area contributed by atoms with Gasteiger partial charge in [-0.1, -0.05) is 54.1 Å². The third-order valence-corrected chi connectivity index (χ3v) is 4.81. The SMILES string of the molecule is Cc1ccc(-c2cc(-c3ccc(N)cc3)cc(-c3ccc(N)cc3)c2)cc1. The minimum atomic E-state index is 0.771. The van der Waals surface area contributed by atoms with Crippen molar-refractivity contribution in [3.63, 3.8) is 0 Å². The lowest BCUT2D eigenvalue weighted by molar-refractivity contribution is 1.47. The summed E-state index contributed by atoms with van der Waals surface area (Å²) in [6.45, 7) is 2.11. The maximum absolute atomic E-state index is 5.86. The summed E-state index contributed by atoms with van der Waals surface area (Å²) in [5, 5.41) is 0. The van der Waals surface area contributed by atoms with Crippen molar-refractivity contribution in [3.05, 3.63) is 96.6 Å². The second-order valence-electron chi connectivity index (χ2n) is 6.91. The van der Waals surface area contributed by atoms with Crippen molar-refractivity contribution >= 4 is 11.4 Å². The average Bonchev–Trinajstić information content (AvgIpc) is 2.69. The lowest BCUT2D eigenvalue weighted by Crippen LogP contribution is -1.88. The minimum absolute atomic E-state index is 0.771. The van der Waals surface area contributed by atoms with Crippen LogP contribution in [0.4, 0.5) is 11.4 Å². The van der Waals surface area contributed by atoms with Gasteiger partial charge >= 0.3 is 0 Å². The van der Waals surface area contributed by atoms with Gasteiger partial charge in [0, 0.05) is 11.4 Å². The van der Waals surface area contributed by atoms with Crippen LogP contribution in [0.25, 0.3) is 33.4 Å². The Morgan fingerprint density at radius 2 is 0.704 bits per heavy atom. The molecule has 4 rings (SSSR count). The van der Waals surface area contributed by atoms with Crippen LogP contribution in [0.2, 0.25) is 0 Å². The number of hydrogen-bond acceptors (Lipinski definition) is 2. The molecule has 0 spiro atoms. The molecule has 0 amide bonds. The standard InChI is InChI=1S/C25H22N2/c1-17-2-4-18(5-3-17)21-14-22(19-6-10-24(26)11-7-19)16-23(15-21)20-8-12-25(27)13-9-20/h2-16H,26-27H2,1H3. The summed E-state index contributed by atoms with van der Waals surface area (Å²) >= 11 is 0. The van der Waals surface area contributed by atoms with E-state index in [1.165, 1.54) is 27.8 Å². The van der Waals surface area contributed by atoms with Crippen LogP contribution in [0.15, 0.2) is 91.0 Å². The van der Waals surface area contributed by atoms with E-state index >= 15 is 0 Å². The van der Waals surface area contributed by atoms with Gasteiger partial charge in [0.15, 0.2) is 0 Å². The molecule has 0 fully saturated rings. The highest BCUT2D eigenvalue weighted by Crippen LogP contribution is 2.33. The first kappa shape index (κ1) is 16.9. The molecule has 0 saturated heterocycles. The topological polar surface area (TPSA) is 52.0 Å². The summed E-state index contributed by atoms with van der Waals surface area (Å²) in [6, 6.07) is 31.3. The molecule has 2 nitrogen and oxygen atoms in total. The van der Waals surface area contributed by atoms with Crippen LogP contribution < -0.4 is 11.5 Å². The van der Waals surface area contributed by atoms with Gasteiger partial charge in [0.1, 0.15) is 0 Å². The number of rotatable bonds is 3. The summed E-state index contributed by atoms with van der Waals surface area (Å²) in [7, 11) is 0. The highest BCUT2D eigenvalue weighted by molar-refractivity contribution is 5.81. The van der Waals surface area contributed by atoms with Gasteiger partial charge in [-0.15, -0.1) is 0 Å². The Bertz CT molecular complexity index is 907. The van der Waals surface area contributed by atoms with Gasteiger partial charge in [0.25, 0.3) is 0 Å². The van der Waals surface area contributed by atoms with Gasteiger partial charge in [-0.3, -0.25) is 0 Å². The third kappa shape index (κ3) is 3.70. The molecule has 0 aliphatic heterocycles. The highest BCUT2D eigenvalue weighted by Gasteiger charge is 2.07. The molecule has 0 heterocycles. The number of nitrogens with two attached hydrogens (primary N) is 2. The Kier molecular flexibility index (Phi) is 4.39. The third-order valence-electron chi connectivity index (χ3n) is 4.81. The van der Waals surface area contributed by atoms with E-state index in [4.69, 9.17) is 11.5 Å². The first-order valence-electron chi connectivity index (χ1n) is 9.02. The van der Waals surface area contributed by atoms with Crippen LogP contribution in [-0.2, 0) is 0 Å². The summed E-state index contributed by atoms with van der Waals surface area (Å²) in [4.78, 5) is 0. The lowest BCUT2D eigenvalue weighted by Gasteiger charge is -2.12. The van der Waals surface area contributed by atoms with Crippen LogP contribution in [0.1, 0.15) is 5.56 Å². The number of aryl methyl sites for hydroxylation is 1. The molecule has 0 aliphatic rings. The largest absolute Gasteiger partial charge is 0.399 e. The zero-order valence-corrected chi connectivity index (χ0v) is 15.3. The van der Waals surface area contributed by atoms with Gasteiger partial charge in [0.05, 0.1) is 0 Å². The van der Waals surface area contributed by atoms with Crippen LogP contribution in [0.5, 0.6) is 0 Å². The first-order chi connectivity index (χ1) is 13.1. The van der Waals surface area contributed by atoms with Crippen LogP contribution in [-0.4, -0.2) is 0 Å². The summed E-state index contributed by atoms with van der Waals surface area (Å²) < 4.78 is 0. The van der Waals surface area contributed by atoms with Gasteiger partial charge in [-0.2, -0.15) is 0 Å². The molecule has 132 valence electrons. The Morgan fingerprint density at radius 1 is 0.407 bits per heavy atom. The zero-order valence-electron chi connectivity index (χ0n) is 15.3. The molecule has 0 radical (unpaired) electrons. The molecule has 0 bridgehead atoms. The van der Waals surface area contributed by atoms with Gasteiger partial charge < -0.3 is 11.5 Å². The fraction of sp³-hybridized carbons (Fsp3) is 0.0400. The van der Waals surface area contributed by atoms with E-state index in [1.54, 1.807) is 0 Å². The van der Waals surface area contributed by atoms with E-state index in [-0.39, 0.29) is 0 Å². The van der Waals surface area contributed by atoms with Crippen molar-refractivity contribution < 1.29 is 0 Å². The zero-order chi connectivity index (χ0) is 18.8. The second kappa shape index (κ2) is 7.00. The van der Waals surface area contributed by atoms with Crippen molar-refractivity contribution in [3.8, 4) is 33.4 Å². The first-order valence-corrected chi connectivity index (χ1v) is 9.02. The molecule has 4 aromatic rings. The van der Waals surface area contributed by atoms with Gasteiger partial charge in [0.2, 0.25) is 0 Å². The monoisotopic (exact) mass is 350 g/mol. The predicted octanol–water partition coefficient (Wildman–Crippen LogP) is 6.16. The molecule has 0 unspecified atom stereocenters. The molecular weight excluding hydrogens is 328 g/mol. The molecular formula is C25H22N2. The van der Waals surface area contributed by atoms with Crippen LogP contribution in [0.3, 0.4) is 0 Å². The molecule has 4 aromatic carbocycles. The number of nitrogen functional groups attached to an aromatic ring is 2. The molecule has 2 heteroatoms. The van der Waals surface area contributed by atoms with Crippen LogP contribution in [0, 0.1) is 6.92 Å². The Hall–Kier alpha value is -3.52. The van der Waals surface area contributed by atoms with Crippen molar-refractivity contribution in [2.75, 3.05) is 11.5 Å². The fourth-order valence-electron chi connectivity index (χ4n) is 3.22. The predicted molar refractivity (Wildman–Crippen MR) is 116 cm³/mol. The van der Waals surface area contributed by atoms with Gasteiger partial charge in [-0.25, -0.2) is 0 Å². The quantitative estimate of drug-likeness (QED) is 0.435. The molecule has 0 aliphatic carbocycles. The maximum atomic E-state index is 5.86. The van der Waals surface area contributed by atoms with Crippen molar-refractivity contribution in [2.45, 2.75) is 6.92 Å². The molecule has 0 saturated carbocycles. The Labute approximate surface area is 160 Å². The fourth-order valence-corrected chi connectivity index (χ4v) is 3.22. The van der Waals surface area contributed by atoms with E-state index < -0.39 is 0 Å². The summed E-state index contributed by atoms with van der Waals surface area (Å²) in [5.41, 5.74) is 21.5. The Morgan fingerprint density at radius 3 is 1.04 bits per heavy atom. The second-order valence-corrected chi connectivity index (χ2v) is 6.91. The number of anilines is 2. The smallest absolute Gasteiger partial charge is 0.0314 e. The van der Waals surface area contributed by atoms with E-state index in [0.29, 0.717) is 0 Å². The summed E-state index contributed by atoms with van der Waals surface area (Å²) in [6.07, 6.45) is 0. The maximum Gasteiger partial charge on any atom is 0.0314 e. The minimum Gasteiger partial charge on any atom is -0.399 e.